The van der Waals surface area contributed by atoms with Gasteiger partial charge in [-0.2, -0.15) is 0 Å². The second kappa shape index (κ2) is 16.3. The van der Waals surface area contributed by atoms with Crippen LogP contribution in [0.25, 0.3) is 33.4 Å². The number of aryl methyl sites for hydroxylation is 3. The Morgan fingerprint density at radius 2 is 0.796 bits per heavy atom. The molecule has 0 saturated heterocycles. The van der Waals surface area contributed by atoms with Crippen molar-refractivity contribution in [2.75, 3.05) is 9.80 Å². The smallest absolute Gasteiger partial charge is 0.0462 e. The van der Waals surface area contributed by atoms with Crippen LogP contribution in [0.15, 0.2) is 195 Å². The molecule has 4 nitrogen and oxygen atoms in total. The van der Waals surface area contributed by atoms with Gasteiger partial charge in [0.15, 0.2) is 0 Å². The van der Waals surface area contributed by atoms with Crippen molar-refractivity contribution in [2.45, 2.75) is 27.7 Å². The van der Waals surface area contributed by atoms with Crippen molar-refractivity contribution in [1.29, 1.82) is 0 Å². The lowest BCUT2D eigenvalue weighted by Crippen LogP contribution is -2.14. The van der Waals surface area contributed by atoms with E-state index in [1.54, 1.807) is 0 Å². The molecule has 7 aromatic rings. The number of aromatic nitrogens is 2. The van der Waals surface area contributed by atoms with Gasteiger partial charge in [-0.15, -0.1) is 0 Å². The number of allylic oxidation sites excluding steroid dienone is 4. The molecule has 4 heteroatoms. The van der Waals surface area contributed by atoms with Crippen molar-refractivity contribution < 1.29 is 0 Å². The number of hydrogen-bond donors (Lipinski definition) is 0. The summed E-state index contributed by atoms with van der Waals surface area (Å²) >= 11 is 0. The molecule has 0 aliphatic rings. The summed E-state index contributed by atoms with van der Waals surface area (Å²) in [6, 6.07) is 47.6. The molecule has 5 aromatic carbocycles. The summed E-state index contributed by atoms with van der Waals surface area (Å²) in [6.45, 7) is 12.5. The van der Waals surface area contributed by atoms with Crippen LogP contribution in [0.4, 0.5) is 28.4 Å². The molecule has 264 valence electrons. The number of hydrogen-bond acceptors (Lipinski definition) is 4. The molecule has 0 aliphatic carbocycles. The lowest BCUT2D eigenvalue weighted by molar-refractivity contribution is 1.21. The van der Waals surface area contributed by atoms with Crippen LogP contribution in [0.1, 0.15) is 23.6 Å². The fraction of sp³-hybridized carbons (Fsp3) is 0.0800. The summed E-state index contributed by atoms with van der Waals surface area (Å²) in [6.07, 6.45) is 15.7. The maximum absolute atomic E-state index is 4.66. The highest BCUT2D eigenvalue weighted by molar-refractivity contribution is 5.80. The predicted octanol–water partition coefficient (Wildman–Crippen LogP) is 13.7. The van der Waals surface area contributed by atoms with E-state index < -0.39 is 0 Å². The second-order valence-electron chi connectivity index (χ2n) is 13.5. The largest absolute Gasteiger partial charge is 0.311 e. The van der Waals surface area contributed by atoms with Gasteiger partial charge < -0.3 is 9.80 Å². The number of benzene rings is 5. The van der Waals surface area contributed by atoms with Gasteiger partial charge in [-0.05, 0) is 124 Å². The van der Waals surface area contributed by atoms with Crippen molar-refractivity contribution in [3.05, 3.63) is 212 Å². The summed E-state index contributed by atoms with van der Waals surface area (Å²) < 4.78 is 0. The Kier molecular flexibility index (Phi) is 10.7. The zero-order chi connectivity index (χ0) is 37.4. The Morgan fingerprint density at radius 3 is 1.17 bits per heavy atom. The average Bonchev–Trinajstić information content (AvgIpc) is 3.22. The van der Waals surface area contributed by atoms with E-state index in [1.807, 2.05) is 49.9 Å². The minimum Gasteiger partial charge on any atom is -0.311 e. The first kappa shape index (κ1) is 35.6. The Balaban J connectivity index is 1.15. The Hall–Kier alpha value is -6.78. The Bertz CT molecular complexity index is 2360. The van der Waals surface area contributed by atoms with Crippen LogP contribution in [0.3, 0.4) is 0 Å². The Labute approximate surface area is 319 Å². The third-order valence-corrected chi connectivity index (χ3v) is 9.53. The third-order valence-electron chi connectivity index (χ3n) is 9.53. The monoisotopic (exact) mass is 700 g/mol. The van der Waals surface area contributed by atoms with E-state index in [-0.39, 0.29) is 0 Å². The van der Waals surface area contributed by atoms with Crippen LogP contribution in [-0.4, -0.2) is 9.97 Å². The molecule has 0 aliphatic heterocycles. The molecule has 0 amide bonds. The van der Waals surface area contributed by atoms with Gasteiger partial charge in [-0.1, -0.05) is 96.1 Å². The molecular weight excluding hydrogens is 657 g/mol. The number of pyridine rings is 2. The van der Waals surface area contributed by atoms with Crippen LogP contribution in [0.5, 0.6) is 0 Å². The minimum atomic E-state index is 0.991. The molecule has 0 bridgehead atoms. The van der Waals surface area contributed by atoms with E-state index in [2.05, 4.69) is 187 Å². The molecule has 2 aromatic heterocycles. The summed E-state index contributed by atoms with van der Waals surface area (Å²) in [5.41, 5.74) is 16.4. The molecule has 0 radical (unpaired) electrons. The SMILES string of the molecule is C=C/C(=C\C=C\C)N(c1ccc(C)cc1)c1ccc(-c2cncc(-c3cncc(-c4ccc(N(c5ccc(C)cc5)c5ccc(C)cc5)cc4)c3)c2)cc1. The zero-order valence-corrected chi connectivity index (χ0v) is 31.3. The van der Waals surface area contributed by atoms with E-state index in [9.17, 15) is 0 Å². The summed E-state index contributed by atoms with van der Waals surface area (Å²) in [5.74, 6) is 0. The van der Waals surface area contributed by atoms with E-state index in [4.69, 9.17) is 0 Å². The van der Waals surface area contributed by atoms with E-state index >= 15 is 0 Å². The van der Waals surface area contributed by atoms with Crippen LogP contribution in [-0.2, 0) is 0 Å². The molecule has 0 spiro atoms. The standard InChI is InChI=1S/C50H44N4/c1-6-8-9-45(7-2)53(46-20-10-36(3)11-21-46)49-26-16-39(17-27-49)41-30-43(34-51-32-41)44-31-42(33-52-35-44)40-18-28-50(29-19-40)54(47-22-12-37(4)13-23-47)48-24-14-38(5)15-25-48/h6-35H,2H2,1,3-5H3/b8-6+,45-9+. The summed E-state index contributed by atoms with van der Waals surface area (Å²) in [4.78, 5) is 13.8. The fourth-order valence-electron chi connectivity index (χ4n) is 6.52. The van der Waals surface area contributed by atoms with Gasteiger partial charge in [0, 0.05) is 81.2 Å². The first-order valence-electron chi connectivity index (χ1n) is 18.3. The molecule has 0 fully saturated rings. The number of anilines is 5. The first-order valence-corrected chi connectivity index (χ1v) is 18.3. The van der Waals surface area contributed by atoms with Gasteiger partial charge in [-0.3, -0.25) is 9.97 Å². The molecule has 0 saturated carbocycles. The van der Waals surface area contributed by atoms with E-state index in [0.717, 1.165) is 67.5 Å². The number of nitrogens with zero attached hydrogens (tertiary/aromatic N) is 4. The topological polar surface area (TPSA) is 32.3 Å². The number of rotatable bonds is 11. The summed E-state index contributed by atoms with van der Waals surface area (Å²) in [5, 5.41) is 0. The third kappa shape index (κ3) is 7.99. The predicted molar refractivity (Wildman–Crippen MR) is 229 cm³/mol. The normalized spacial score (nSPS) is 11.4. The second-order valence-corrected chi connectivity index (χ2v) is 13.5. The maximum Gasteiger partial charge on any atom is 0.0462 e. The maximum atomic E-state index is 4.66. The highest BCUT2D eigenvalue weighted by Crippen LogP contribution is 2.37. The molecule has 54 heavy (non-hydrogen) atoms. The molecule has 0 unspecified atom stereocenters. The van der Waals surface area contributed by atoms with Gasteiger partial charge >= 0.3 is 0 Å². The zero-order valence-electron chi connectivity index (χ0n) is 31.3. The quantitative estimate of drug-likeness (QED) is 0.126. The highest BCUT2D eigenvalue weighted by atomic mass is 15.1. The van der Waals surface area contributed by atoms with Crippen LogP contribution >= 0.6 is 0 Å². The van der Waals surface area contributed by atoms with Gasteiger partial charge in [0.1, 0.15) is 0 Å². The van der Waals surface area contributed by atoms with Crippen molar-refractivity contribution in [1.82, 2.24) is 9.97 Å². The van der Waals surface area contributed by atoms with E-state index in [0.29, 0.717) is 0 Å². The van der Waals surface area contributed by atoms with Gasteiger partial charge in [0.05, 0.1) is 0 Å². The van der Waals surface area contributed by atoms with Gasteiger partial charge in [-0.25, -0.2) is 0 Å². The summed E-state index contributed by atoms with van der Waals surface area (Å²) in [7, 11) is 0. The highest BCUT2D eigenvalue weighted by Gasteiger charge is 2.15. The lowest BCUT2D eigenvalue weighted by Gasteiger charge is -2.26. The molecule has 7 rings (SSSR count). The molecule has 2 heterocycles. The van der Waals surface area contributed by atoms with Crippen molar-refractivity contribution in [3.63, 3.8) is 0 Å². The van der Waals surface area contributed by atoms with Crippen molar-refractivity contribution in [2.24, 2.45) is 0 Å². The van der Waals surface area contributed by atoms with Gasteiger partial charge in [0.25, 0.3) is 0 Å². The lowest BCUT2D eigenvalue weighted by atomic mass is 10.00. The van der Waals surface area contributed by atoms with Crippen molar-refractivity contribution >= 4 is 28.4 Å². The van der Waals surface area contributed by atoms with Crippen molar-refractivity contribution in [3.8, 4) is 33.4 Å². The molecular formula is C50H44N4. The molecule has 0 atom stereocenters. The molecule has 0 N–H and O–H groups in total. The van der Waals surface area contributed by atoms with E-state index in [1.165, 1.54) is 16.7 Å². The van der Waals surface area contributed by atoms with Crippen LogP contribution in [0.2, 0.25) is 0 Å². The van der Waals surface area contributed by atoms with Crippen LogP contribution < -0.4 is 9.80 Å². The minimum absolute atomic E-state index is 0.991. The fourth-order valence-corrected chi connectivity index (χ4v) is 6.52. The average molecular weight is 701 g/mol. The van der Waals surface area contributed by atoms with Gasteiger partial charge in [0.2, 0.25) is 0 Å². The first-order chi connectivity index (χ1) is 26.4. The van der Waals surface area contributed by atoms with Crippen LogP contribution in [0, 0.1) is 20.8 Å². The Morgan fingerprint density at radius 1 is 0.463 bits per heavy atom.